The maximum absolute atomic E-state index is 12.5. The van der Waals surface area contributed by atoms with Gasteiger partial charge in [0.2, 0.25) is 5.91 Å². The van der Waals surface area contributed by atoms with Crippen LogP contribution in [0.25, 0.3) is 10.8 Å². The molecule has 0 saturated heterocycles. The van der Waals surface area contributed by atoms with Crippen LogP contribution in [-0.2, 0) is 11.3 Å². The Bertz CT molecular complexity index is 854. The molecule has 0 unspecified atom stereocenters. The first kappa shape index (κ1) is 17.0. The highest BCUT2D eigenvalue weighted by molar-refractivity contribution is 6.03. The number of hydrogen-bond acceptors (Lipinski definition) is 3. The normalized spacial score (nSPS) is 11.9. The Labute approximate surface area is 147 Å². The fraction of sp³-hybridized carbons (Fsp3) is 0.190. The quantitative estimate of drug-likeness (QED) is 0.717. The fourth-order valence-electron chi connectivity index (χ4n) is 2.68. The van der Waals surface area contributed by atoms with Gasteiger partial charge in [0, 0.05) is 17.6 Å². The Kier molecular flexibility index (Phi) is 5.31. The lowest BCUT2D eigenvalue weighted by Gasteiger charge is -2.15. The molecule has 0 aliphatic carbocycles. The summed E-state index contributed by atoms with van der Waals surface area (Å²) < 4.78 is 5.15. The van der Waals surface area contributed by atoms with Gasteiger partial charge in [-0.25, -0.2) is 0 Å². The third kappa shape index (κ3) is 4.17. The molecule has 0 saturated carbocycles. The van der Waals surface area contributed by atoms with Crippen molar-refractivity contribution in [1.29, 1.82) is 0 Å². The van der Waals surface area contributed by atoms with Crippen molar-refractivity contribution >= 4 is 22.4 Å². The van der Waals surface area contributed by atoms with Crippen LogP contribution in [0.1, 0.15) is 12.5 Å². The average Bonchev–Trinajstić information content (AvgIpc) is 2.66. The van der Waals surface area contributed by atoms with Crippen molar-refractivity contribution in [2.75, 3.05) is 12.4 Å². The second-order valence-corrected chi connectivity index (χ2v) is 5.97. The molecule has 128 valence electrons. The topological polar surface area (TPSA) is 50.4 Å². The van der Waals surface area contributed by atoms with E-state index in [1.807, 2.05) is 73.7 Å². The van der Waals surface area contributed by atoms with Gasteiger partial charge >= 0.3 is 0 Å². The molecular weight excluding hydrogens is 312 g/mol. The smallest absolute Gasteiger partial charge is 0.241 e. The Morgan fingerprint density at radius 1 is 1.00 bits per heavy atom. The molecule has 0 radical (unpaired) electrons. The van der Waals surface area contributed by atoms with Crippen molar-refractivity contribution in [3.05, 3.63) is 72.3 Å². The van der Waals surface area contributed by atoms with E-state index in [0.29, 0.717) is 6.54 Å². The number of hydrogen-bond donors (Lipinski definition) is 2. The Morgan fingerprint density at radius 3 is 2.48 bits per heavy atom. The number of fused-ring (bicyclic) bond motifs is 1. The van der Waals surface area contributed by atoms with Crippen LogP contribution in [0.4, 0.5) is 5.69 Å². The van der Waals surface area contributed by atoms with Gasteiger partial charge in [-0.1, -0.05) is 48.5 Å². The predicted molar refractivity (Wildman–Crippen MR) is 102 cm³/mol. The Morgan fingerprint density at radius 2 is 1.72 bits per heavy atom. The first-order chi connectivity index (χ1) is 12.2. The molecule has 0 aromatic heterocycles. The SMILES string of the molecule is COc1ccc(CN[C@H](C)C(=O)Nc2cccc3ccccc23)cc1. The minimum atomic E-state index is -0.305. The van der Waals surface area contributed by atoms with E-state index in [9.17, 15) is 4.79 Å². The van der Waals surface area contributed by atoms with Crippen LogP contribution >= 0.6 is 0 Å². The number of benzene rings is 3. The molecule has 3 aromatic rings. The number of methoxy groups -OCH3 is 1. The summed E-state index contributed by atoms with van der Waals surface area (Å²) in [5, 5.41) is 8.42. The van der Waals surface area contributed by atoms with Crippen molar-refractivity contribution in [3.63, 3.8) is 0 Å². The molecule has 3 rings (SSSR count). The Balaban J connectivity index is 1.62. The number of ether oxygens (including phenoxy) is 1. The van der Waals surface area contributed by atoms with Crippen LogP contribution in [0.15, 0.2) is 66.7 Å². The van der Waals surface area contributed by atoms with Crippen LogP contribution in [0, 0.1) is 0 Å². The molecule has 1 amide bonds. The van der Waals surface area contributed by atoms with Crippen molar-refractivity contribution in [2.24, 2.45) is 0 Å². The van der Waals surface area contributed by atoms with E-state index < -0.39 is 0 Å². The van der Waals surface area contributed by atoms with E-state index >= 15 is 0 Å². The van der Waals surface area contributed by atoms with Gasteiger partial charge in [-0.2, -0.15) is 0 Å². The lowest BCUT2D eigenvalue weighted by Crippen LogP contribution is -2.37. The van der Waals surface area contributed by atoms with Gasteiger partial charge in [-0.05, 0) is 36.1 Å². The van der Waals surface area contributed by atoms with E-state index in [1.165, 1.54) is 0 Å². The number of nitrogens with one attached hydrogen (secondary N) is 2. The molecule has 2 N–H and O–H groups in total. The second-order valence-electron chi connectivity index (χ2n) is 5.97. The summed E-state index contributed by atoms with van der Waals surface area (Å²) in [5.41, 5.74) is 1.94. The zero-order chi connectivity index (χ0) is 17.6. The third-order valence-electron chi connectivity index (χ3n) is 4.21. The van der Waals surface area contributed by atoms with Gasteiger partial charge in [-0.3, -0.25) is 4.79 Å². The molecule has 0 aliphatic rings. The van der Waals surface area contributed by atoms with Crippen molar-refractivity contribution in [2.45, 2.75) is 19.5 Å². The van der Waals surface area contributed by atoms with Crippen LogP contribution < -0.4 is 15.4 Å². The van der Waals surface area contributed by atoms with Crippen LogP contribution in [0.3, 0.4) is 0 Å². The van der Waals surface area contributed by atoms with E-state index in [1.54, 1.807) is 7.11 Å². The first-order valence-corrected chi connectivity index (χ1v) is 8.32. The molecule has 4 nitrogen and oxygen atoms in total. The summed E-state index contributed by atoms with van der Waals surface area (Å²) in [6.07, 6.45) is 0. The molecule has 0 aliphatic heterocycles. The highest BCUT2D eigenvalue weighted by Crippen LogP contribution is 2.23. The van der Waals surface area contributed by atoms with Gasteiger partial charge in [0.15, 0.2) is 0 Å². The molecule has 0 heterocycles. The van der Waals surface area contributed by atoms with E-state index in [-0.39, 0.29) is 11.9 Å². The number of amides is 1. The number of anilines is 1. The maximum atomic E-state index is 12.5. The summed E-state index contributed by atoms with van der Waals surface area (Å²) in [4.78, 5) is 12.5. The van der Waals surface area contributed by atoms with Gasteiger partial charge in [0.05, 0.1) is 13.2 Å². The van der Waals surface area contributed by atoms with E-state index in [4.69, 9.17) is 4.74 Å². The Hall–Kier alpha value is -2.85. The first-order valence-electron chi connectivity index (χ1n) is 8.32. The third-order valence-corrected chi connectivity index (χ3v) is 4.21. The molecule has 0 bridgehead atoms. The summed E-state index contributed by atoms with van der Waals surface area (Å²) in [7, 11) is 1.65. The maximum Gasteiger partial charge on any atom is 0.241 e. The number of carbonyl (C=O) groups excluding carboxylic acids is 1. The van der Waals surface area contributed by atoms with E-state index in [0.717, 1.165) is 27.8 Å². The van der Waals surface area contributed by atoms with Gasteiger partial charge in [0.25, 0.3) is 0 Å². The number of rotatable bonds is 6. The largest absolute Gasteiger partial charge is 0.497 e. The van der Waals surface area contributed by atoms with Crippen molar-refractivity contribution in [3.8, 4) is 5.75 Å². The van der Waals surface area contributed by atoms with E-state index in [2.05, 4.69) is 10.6 Å². The molecule has 4 heteroatoms. The molecule has 25 heavy (non-hydrogen) atoms. The highest BCUT2D eigenvalue weighted by atomic mass is 16.5. The number of carbonyl (C=O) groups is 1. The van der Waals surface area contributed by atoms with Gasteiger partial charge in [-0.15, -0.1) is 0 Å². The molecule has 0 fully saturated rings. The summed E-state index contributed by atoms with van der Waals surface area (Å²) in [6.45, 7) is 2.48. The van der Waals surface area contributed by atoms with Crippen molar-refractivity contribution in [1.82, 2.24) is 5.32 Å². The summed E-state index contributed by atoms with van der Waals surface area (Å²) >= 11 is 0. The monoisotopic (exact) mass is 334 g/mol. The zero-order valence-corrected chi connectivity index (χ0v) is 14.5. The van der Waals surface area contributed by atoms with Gasteiger partial charge < -0.3 is 15.4 Å². The summed E-state index contributed by atoms with van der Waals surface area (Å²) in [6, 6.07) is 21.4. The molecule has 0 spiro atoms. The average molecular weight is 334 g/mol. The lowest BCUT2D eigenvalue weighted by molar-refractivity contribution is -0.117. The highest BCUT2D eigenvalue weighted by Gasteiger charge is 2.13. The standard InChI is InChI=1S/C21H22N2O2/c1-15(22-14-16-10-12-18(25-2)13-11-16)21(24)23-20-9-5-7-17-6-3-4-8-19(17)20/h3-13,15,22H,14H2,1-2H3,(H,23,24)/t15-/m1/s1. The molecule has 1 atom stereocenters. The second kappa shape index (κ2) is 7.81. The van der Waals surface area contributed by atoms with Gasteiger partial charge in [0.1, 0.15) is 5.75 Å². The van der Waals surface area contributed by atoms with Crippen molar-refractivity contribution < 1.29 is 9.53 Å². The predicted octanol–water partition coefficient (Wildman–Crippen LogP) is 3.97. The summed E-state index contributed by atoms with van der Waals surface area (Å²) in [5.74, 6) is 0.773. The fourth-order valence-corrected chi connectivity index (χ4v) is 2.68. The zero-order valence-electron chi connectivity index (χ0n) is 14.5. The molecular formula is C21H22N2O2. The van der Waals surface area contributed by atoms with Crippen LogP contribution in [-0.4, -0.2) is 19.1 Å². The minimum absolute atomic E-state index is 0.0511. The lowest BCUT2D eigenvalue weighted by atomic mass is 10.1. The molecule has 3 aromatic carbocycles. The van der Waals surface area contributed by atoms with Crippen LogP contribution in [0.5, 0.6) is 5.75 Å². The van der Waals surface area contributed by atoms with Crippen LogP contribution in [0.2, 0.25) is 0 Å². The minimum Gasteiger partial charge on any atom is -0.497 e.